The molecule has 3 aliphatic rings. The van der Waals surface area contributed by atoms with Gasteiger partial charge in [-0.3, -0.25) is 19.2 Å². The van der Waals surface area contributed by atoms with Gasteiger partial charge in [0.15, 0.2) is 5.60 Å². The second kappa shape index (κ2) is 6.93. The van der Waals surface area contributed by atoms with Crippen molar-refractivity contribution in [1.29, 1.82) is 0 Å². The van der Waals surface area contributed by atoms with Gasteiger partial charge in [0.1, 0.15) is 0 Å². The molecule has 1 aromatic carbocycles. The SMILES string of the molecule is CC(=O)OC(OC(C)=O)[C@@]12C=C[C@@H](O1)[C@H]1C(=O)N(c3ccc(Br)c(Cl)c3)C(=O)[C@@H]12. The Balaban J connectivity index is 1.75. The maximum atomic E-state index is 13.3. The van der Waals surface area contributed by atoms with E-state index in [1.54, 1.807) is 18.2 Å². The zero-order valence-electron chi connectivity index (χ0n) is 15.3. The fraction of sp³-hybridized carbons (Fsp3) is 0.368. The van der Waals surface area contributed by atoms with Crippen LogP contribution in [0.25, 0.3) is 0 Å². The molecule has 2 saturated heterocycles. The Kier molecular flexibility index (Phi) is 4.79. The number of carbonyl (C=O) groups excluding carboxylic acids is 4. The van der Waals surface area contributed by atoms with Gasteiger partial charge in [-0.25, -0.2) is 4.90 Å². The number of benzene rings is 1. The zero-order chi connectivity index (χ0) is 21.1. The molecule has 4 rings (SSSR count). The third-order valence-corrected chi connectivity index (χ3v) is 6.39. The smallest absolute Gasteiger partial charge is 0.305 e. The van der Waals surface area contributed by atoms with Crippen LogP contribution in [0.3, 0.4) is 0 Å². The summed E-state index contributed by atoms with van der Waals surface area (Å²) in [6.07, 6.45) is 0.933. The maximum absolute atomic E-state index is 13.3. The molecule has 29 heavy (non-hydrogen) atoms. The van der Waals surface area contributed by atoms with Gasteiger partial charge in [0.25, 0.3) is 6.29 Å². The van der Waals surface area contributed by atoms with E-state index in [0.717, 1.165) is 18.7 Å². The van der Waals surface area contributed by atoms with Crippen LogP contribution < -0.4 is 4.90 Å². The van der Waals surface area contributed by atoms with Crippen LogP contribution in [0.4, 0.5) is 5.69 Å². The van der Waals surface area contributed by atoms with E-state index in [1.165, 1.54) is 12.1 Å². The van der Waals surface area contributed by atoms with Crippen molar-refractivity contribution in [3.63, 3.8) is 0 Å². The minimum absolute atomic E-state index is 0.314. The highest BCUT2D eigenvalue weighted by Crippen LogP contribution is 2.54. The Bertz CT molecular complexity index is 963. The number of hydrogen-bond acceptors (Lipinski definition) is 7. The Morgan fingerprint density at radius 3 is 2.45 bits per heavy atom. The first-order chi connectivity index (χ1) is 13.7. The van der Waals surface area contributed by atoms with Crippen LogP contribution in [0.5, 0.6) is 0 Å². The third-order valence-electron chi connectivity index (χ3n) is 5.15. The van der Waals surface area contributed by atoms with Crippen molar-refractivity contribution in [2.24, 2.45) is 11.8 Å². The highest BCUT2D eigenvalue weighted by atomic mass is 79.9. The van der Waals surface area contributed by atoms with E-state index >= 15 is 0 Å². The Morgan fingerprint density at radius 2 is 1.86 bits per heavy atom. The number of carbonyl (C=O) groups is 4. The fourth-order valence-corrected chi connectivity index (χ4v) is 4.52. The van der Waals surface area contributed by atoms with E-state index in [1.807, 2.05) is 0 Å². The topological polar surface area (TPSA) is 99.2 Å². The first-order valence-electron chi connectivity index (χ1n) is 8.70. The summed E-state index contributed by atoms with van der Waals surface area (Å²) in [5.41, 5.74) is -1.26. The highest BCUT2D eigenvalue weighted by Gasteiger charge is 2.72. The molecule has 4 atom stereocenters. The van der Waals surface area contributed by atoms with Crippen molar-refractivity contribution in [3.05, 3.63) is 39.8 Å². The number of imide groups is 1. The summed E-state index contributed by atoms with van der Waals surface area (Å²) < 4.78 is 16.8. The van der Waals surface area contributed by atoms with Crippen LogP contribution in [-0.2, 0) is 33.4 Å². The Labute approximate surface area is 178 Å². The molecular weight excluding hydrogens is 470 g/mol. The summed E-state index contributed by atoms with van der Waals surface area (Å²) in [5.74, 6) is -4.29. The maximum Gasteiger partial charge on any atom is 0.305 e. The summed E-state index contributed by atoms with van der Waals surface area (Å²) in [6, 6.07) is 4.72. The molecule has 3 aliphatic heterocycles. The quantitative estimate of drug-likeness (QED) is 0.280. The molecule has 0 N–H and O–H groups in total. The van der Waals surface area contributed by atoms with Crippen molar-refractivity contribution in [2.45, 2.75) is 31.8 Å². The lowest BCUT2D eigenvalue weighted by Crippen LogP contribution is -2.52. The van der Waals surface area contributed by atoms with Crippen LogP contribution in [-0.4, -0.2) is 41.7 Å². The molecule has 8 nitrogen and oxygen atoms in total. The molecule has 1 aromatic rings. The number of anilines is 1. The van der Waals surface area contributed by atoms with Crippen molar-refractivity contribution in [3.8, 4) is 0 Å². The highest BCUT2D eigenvalue weighted by molar-refractivity contribution is 9.10. The lowest BCUT2D eigenvalue weighted by molar-refractivity contribution is -0.226. The van der Waals surface area contributed by atoms with Gasteiger partial charge in [-0.05, 0) is 40.2 Å². The lowest BCUT2D eigenvalue weighted by Gasteiger charge is -2.34. The molecule has 2 bridgehead atoms. The number of fused-ring (bicyclic) bond motifs is 5. The normalized spacial score (nSPS) is 29.6. The molecular formula is C19H15BrClNO7. The van der Waals surface area contributed by atoms with Gasteiger partial charge in [-0.15, -0.1) is 0 Å². The van der Waals surface area contributed by atoms with Crippen LogP contribution in [0.2, 0.25) is 5.02 Å². The molecule has 0 unspecified atom stereocenters. The summed E-state index contributed by atoms with van der Waals surface area (Å²) in [5, 5.41) is 0.338. The van der Waals surface area contributed by atoms with Gasteiger partial charge >= 0.3 is 11.9 Å². The van der Waals surface area contributed by atoms with Crippen molar-refractivity contribution in [1.82, 2.24) is 0 Å². The number of esters is 2. The number of halogens is 2. The second-order valence-electron chi connectivity index (χ2n) is 6.96. The van der Waals surface area contributed by atoms with Crippen LogP contribution >= 0.6 is 27.5 Å². The number of rotatable bonds is 4. The van der Waals surface area contributed by atoms with Crippen molar-refractivity contribution < 1.29 is 33.4 Å². The van der Waals surface area contributed by atoms with E-state index in [0.29, 0.717) is 15.2 Å². The monoisotopic (exact) mass is 483 g/mol. The molecule has 0 saturated carbocycles. The molecule has 0 aromatic heterocycles. The molecule has 2 fully saturated rings. The predicted octanol–water partition coefficient (Wildman–Crippen LogP) is 2.37. The van der Waals surface area contributed by atoms with Crippen molar-refractivity contribution in [2.75, 3.05) is 4.90 Å². The van der Waals surface area contributed by atoms with Gasteiger partial charge < -0.3 is 14.2 Å². The first-order valence-corrected chi connectivity index (χ1v) is 9.87. The van der Waals surface area contributed by atoms with Gasteiger partial charge in [0.05, 0.1) is 28.6 Å². The van der Waals surface area contributed by atoms with E-state index in [-0.39, 0.29) is 0 Å². The minimum atomic E-state index is -1.58. The van der Waals surface area contributed by atoms with Crippen LogP contribution in [0, 0.1) is 11.8 Å². The fourth-order valence-electron chi connectivity index (χ4n) is 4.10. The third kappa shape index (κ3) is 2.99. The Morgan fingerprint density at radius 1 is 1.21 bits per heavy atom. The number of ether oxygens (including phenoxy) is 3. The predicted molar refractivity (Wildman–Crippen MR) is 103 cm³/mol. The average molecular weight is 485 g/mol. The number of nitrogens with zero attached hydrogens (tertiary/aromatic N) is 1. The summed E-state index contributed by atoms with van der Waals surface area (Å²) in [4.78, 5) is 50.6. The molecule has 10 heteroatoms. The van der Waals surface area contributed by atoms with Gasteiger partial charge in [-0.2, -0.15) is 0 Å². The van der Waals surface area contributed by atoms with Crippen molar-refractivity contribution >= 4 is 57.0 Å². The van der Waals surface area contributed by atoms with E-state index in [9.17, 15) is 19.2 Å². The van der Waals surface area contributed by atoms with Gasteiger partial charge in [0, 0.05) is 18.3 Å². The number of hydrogen-bond donors (Lipinski definition) is 0. The molecule has 0 spiro atoms. The van der Waals surface area contributed by atoms with E-state index < -0.39 is 53.6 Å². The van der Waals surface area contributed by atoms with E-state index in [4.69, 9.17) is 25.8 Å². The van der Waals surface area contributed by atoms with Crippen LogP contribution in [0.15, 0.2) is 34.8 Å². The summed E-state index contributed by atoms with van der Waals surface area (Å²) in [7, 11) is 0. The minimum Gasteiger partial charge on any atom is -0.422 e. The standard InChI is InChI=1S/C19H15BrClNO7/c1-8(23)27-18(28-9(2)24)19-6-5-13(29-19)14-15(19)17(26)22(16(14)25)10-3-4-11(20)12(21)7-10/h3-7,13-15,18H,1-2H3/t13-,14-,15-,19+/m1/s1. The molecule has 2 amide bonds. The Hall–Kier alpha value is -2.23. The van der Waals surface area contributed by atoms with E-state index in [2.05, 4.69) is 15.9 Å². The summed E-state index contributed by atoms with van der Waals surface area (Å²) in [6.45, 7) is 2.29. The lowest BCUT2D eigenvalue weighted by atomic mass is 9.76. The largest absolute Gasteiger partial charge is 0.422 e. The molecule has 0 radical (unpaired) electrons. The average Bonchev–Trinajstić information content (AvgIpc) is 3.28. The first kappa shape index (κ1) is 20.1. The second-order valence-corrected chi connectivity index (χ2v) is 8.22. The molecule has 0 aliphatic carbocycles. The van der Waals surface area contributed by atoms with Crippen LogP contribution in [0.1, 0.15) is 13.8 Å². The molecule has 3 heterocycles. The van der Waals surface area contributed by atoms with Gasteiger partial charge in [0.2, 0.25) is 11.8 Å². The zero-order valence-corrected chi connectivity index (χ0v) is 17.6. The van der Waals surface area contributed by atoms with Gasteiger partial charge in [-0.1, -0.05) is 17.7 Å². The summed E-state index contributed by atoms with van der Waals surface area (Å²) >= 11 is 9.39. The number of amides is 2. The molecule has 152 valence electrons.